The Balaban J connectivity index is 2.60. The molecule has 1 aromatic carbocycles. The van der Waals surface area contributed by atoms with Gasteiger partial charge in [0.15, 0.2) is 0 Å². The molecule has 146 valence electrons. The Bertz CT molecular complexity index is 965. The zero-order valence-electron chi connectivity index (χ0n) is 18.6. The van der Waals surface area contributed by atoms with Gasteiger partial charge in [-0.15, -0.1) is 0 Å². The highest BCUT2D eigenvalue weighted by Crippen LogP contribution is 2.65. The lowest BCUT2D eigenvalue weighted by Crippen LogP contribution is -2.28. The van der Waals surface area contributed by atoms with Crippen molar-refractivity contribution in [2.75, 3.05) is 0 Å². The largest absolute Gasteiger partial charge is 0.0873 e. The van der Waals surface area contributed by atoms with E-state index in [0.29, 0.717) is 0 Å². The Kier molecular flexibility index (Phi) is 5.79. The summed E-state index contributed by atoms with van der Waals surface area (Å²) in [5.74, 6) is 0. The van der Waals surface area contributed by atoms with Gasteiger partial charge in [-0.1, -0.05) is 74.1 Å². The molecule has 0 amide bonds. The topological polar surface area (TPSA) is 0 Å². The van der Waals surface area contributed by atoms with Crippen LogP contribution in [0.3, 0.4) is 0 Å². The Labute approximate surface area is 171 Å². The van der Waals surface area contributed by atoms with E-state index in [2.05, 4.69) is 103 Å². The van der Waals surface area contributed by atoms with E-state index in [9.17, 15) is 0 Å². The maximum atomic E-state index is 2.44. The van der Waals surface area contributed by atoms with Crippen LogP contribution < -0.4 is 0 Å². The van der Waals surface area contributed by atoms with Gasteiger partial charge in [-0.05, 0) is 92.0 Å². The second kappa shape index (κ2) is 7.95. The molecule has 3 rings (SSSR count). The lowest BCUT2D eigenvalue weighted by Gasteiger charge is -2.33. The molecular weight excluding hydrogens is 336 g/mol. The quantitative estimate of drug-likeness (QED) is 0.502. The number of fused-ring (bicyclic) bond motifs is 2. The van der Waals surface area contributed by atoms with Gasteiger partial charge in [0.1, 0.15) is 0 Å². The molecule has 1 spiro atoms. The van der Waals surface area contributed by atoms with Crippen LogP contribution in [0.1, 0.15) is 72.4 Å². The Hall–Kier alpha value is -2.34. The third-order valence-electron chi connectivity index (χ3n) is 6.19. The molecule has 0 aromatic heterocycles. The molecule has 0 fully saturated rings. The fourth-order valence-electron chi connectivity index (χ4n) is 5.48. The summed E-state index contributed by atoms with van der Waals surface area (Å²) in [7, 11) is 0. The van der Waals surface area contributed by atoms with Crippen LogP contribution in [-0.2, 0) is 5.41 Å². The summed E-state index contributed by atoms with van der Waals surface area (Å²) in [4.78, 5) is 0. The van der Waals surface area contributed by atoms with Crippen LogP contribution >= 0.6 is 0 Å². The average Bonchev–Trinajstić information content (AvgIpc) is 3.13. The molecule has 2 aliphatic rings. The minimum atomic E-state index is -0.190. The van der Waals surface area contributed by atoms with E-state index < -0.39 is 0 Å². The molecule has 0 aliphatic heterocycles. The molecule has 0 heteroatoms. The van der Waals surface area contributed by atoms with Crippen LogP contribution in [0.4, 0.5) is 0 Å². The molecule has 0 saturated heterocycles. The van der Waals surface area contributed by atoms with Crippen molar-refractivity contribution in [1.29, 1.82) is 0 Å². The number of rotatable bonds is 3. The van der Waals surface area contributed by atoms with E-state index in [4.69, 9.17) is 0 Å². The van der Waals surface area contributed by atoms with Crippen molar-refractivity contribution in [1.82, 2.24) is 0 Å². The molecule has 0 radical (unpaired) electrons. The number of hydrogen-bond acceptors (Lipinski definition) is 0. The van der Waals surface area contributed by atoms with Gasteiger partial charge >= 0.3 is 0 Å². The maximum Gasteiger partial charge on any atom is 0.0718 e. The van der Waals surface area contributed by atoms with Gasteiger partial charge in [-0.25, -0.2) is 0 Å². The third-order valence-corrected chi connectivity index (χ3v) is 6.19. The SMILES string of the molecule is C/C=C\C1=C(CC)C(=C/CC)/C(=C\C)C12C(=C(C)C)/C(=C\C)c1ccccc12. The van der Waals surface area contributed by atoms with E-state index in [0.717, 1.165) is 12.8 Å². The fourth-order valence-corrected chi connectivity index (χ4v) is 5.48. The number of allylic oxidation sites excluding steroid dienone is 12. The summed E-state index contributed by atoms with van der Waals surface area (Å²) in [6.45, 7) is 15.6. The summed E-state index contributed by atoms with van der Waals surface area (Å²) in [6.07, 6.45) is 13.8. The third kappa shape index (κ3) is 2.58. The highest BCUT2D eigenvalue weighted by atomic mass is 14.6. The van der Waals surface area contributed by atoms with Crippen molar-refractivity contribution >= 4 is 5.57 Å². The number of benzene rings is 1. The van der Waals surface area contributed by atoms with Gasteiger partial charge in [-0.3, -0.25) is 0 Å². The van der Waals surface area contributed by atoms with Crippen molar-refractivity contribution < 1.29 is 0 Å². The first-order valence-electron chi connectivity index (χ1n) is 10.7. The molecule has 2 aliphatic carbocycles. The first-order chi connectivity index (χ1) is 13.5. The van der Waals surface area contributed by atoms with E-state index in [1.807, 2.05) is 0 Å². The summed E-state index contributed by atoms with van der Waals surface area (Å²) in [5.41, 5.74) is 12.8. The lowest BCUT2D eigenvalue weighted by molar-refractivity contribution is 0.769. The van der Waals surface area contributed by atoms with Crippen LogP contribution in [0.5, 0.6) is 0 Å². The Morgan fingerprint density at radius 3 is 2.21 bits per heavy atom. The van der Waals surface area contributed by atoms with Gasteiger partial charge in [-0.2, -0.15) is 0 Å². The van der Waals surface area contributed by atoms with Crippen molar-refractivity contribution in [2.24, 2.45) is 0 Å². The molecule has 28 heavy (non-hydrogen) atoms. The standard InChI is InChI=1S/C28H34/c1-8-15-22-20(10-3)25(16-9-2)28(24(22)12-5)26-18-14-13-17-23(26)21(11-4)27(28)19(6)7/h9,11-18H,8,10H2,1-7H3/b16-9-,21-11-,22-15-,24-12+. The molecule has 1 aromatic rings. The molecule has 0 bridgehead atoms. The molecule has 0 heterocycles. The van der Waals surface area contributed by atoms with Crippen LogP contribution in [0.2, 0.25) is 0 Å². The van der Waals surface area contributed by atoms with Crippen LogP contribution in [0.25, 0.3) is 5.57 Å². The first-order valence-corrected chi connectivity index (χ1v) is 10.7. The van der Waals surface area contributed by atoms with E-state index >= 15 is 0 Å². The zero-order chi connectivity index (χ0) is 20.5. The van der Waals surface area contributed by atoms with Crippen molar-refractivity contribution in [3.05, 3.63) is 99.2 Å². The molecular formula is C28H34. The fraction of sp³-hybridized carbons (Fsp3) is 0.357. The average molecular weight is 371 g/mol. The van der Waals surface area contributed by atoms with Crippen molar-refractivity contribution in [2.45, 2.75) is 66.7 Å². The van der Waals surface area contributed by atoms with Crippen LogP contribution in [-0.4, -0.2) is 0 Å². The van der Waals surface area contributed by atoms with Gasteiger partial charge in [0, 0.05) is 0 Å². The predicted molar refractivity (Wildman–Crippen MR) is 124 cm³/mol. The van der Waals surface area contributed by atoms with Gasteiger partial charge < -0.3 is 0 Å². The highest BCUT2D eigenvalue weighted by Gasteiger charge is 2.54. The second-order valence-electron chi connectivity index (χ2n) is 7.85. The van der Waals surface area contributed by atoms with Gasteiger partial charge in [0.25, 0.3) is 0 Å². The minimum absolute atomic E-state index is 0.190. The molecule has 1 unspecified atom stereocenters. The van der Waals surface area contributed by atoms with E-state index in [1.54, 1.807) is 0 Å². The normalized spacial score (nSPS) is 26.0. The number of hydrogen-bond donors (Lipinski definition) is 0. The van der Waals surface area contributed by atoms with Crippen LogP contribution in [0, 0.1) is 0 Å². The van der Waals surface area contributed by atoms with E-state index in [1.165, 1.54) is 50.1 Å². The maximum absolute atomic E-state index is 2.44. The zero-order valence-corrected chi connectivity index (χ0v) is 18.6. The van der Waals surface area contributed by atoms with Crippen molar-refractivity contribution in [3.63, 3.8) is 0 Å². The van der Waals surface area contributed by atoms with E-state index in [-0.39, 0.29) is 5.41 Å². The van der Waals surface area contributed by atoms with Crippen LogP contribution in [0.15, 0.2) is 88.1 Å². The highest BCUT2D eigenvalue weighted by molar-refractivity contribution is 5.97. The monoisotopic (exact) mass is 370 g/mol. The molecule has 0 saturated carbocycles. The Morgan fingerprint density at radius 1 is 0.964 bits per heavy atom. The van der Waals surface area contributed by atoms with Crippen molar-refractivity contribution in [3.8, 4) is 0 Å². The summed E-state index contributed by atoms with van der Waals surface area (Å²) in [6, 6.07) is 9.03. The lowest BCUT2D eigenvalue weighted by atomic mass is 9.67. The summed E-state index contributed by atoms with van der Waals surface area (Å²) in [5, 5.41) is 0. The molecule has 0 nitrogen and oxygen atoms in total. The first kappa shape index (κ1) is 20.4. The Morgan fingerprint density at radius 2 is 1.68 bits per heavy atom. The summed E-state index contributed by atoms with van der Waals surface area (Å²) < 4.78 is 0. The van der Waals surface area contributed by atoms with Gasteiger partial charge in [0.2, 0.25) is 0 Å². The minimum Gasteiger partial charge on any atom is -0.0873 e. The predicted octanol–water partition coefficient (Wildman–Crippen LogP) is 8.26. The van der Waals surface area contributed by atoms with Gasteiger partial charge in [0.05, 0.1) is 5.41 Å². The molecule has 0 N–H and O–H groups in total. The summed E-state index contributed by atoms with van der Waals surface area (Å²) >= 11 is 0. The second-order valence-corrected chi connectivity index (χ2v) is 7.85. The smallest absolute Gasteiger partial charge is 0.0718 e. The molecule has 1 atom stereocenters.